The van der Waals surface area contributed by atoms with E-state index >= 15 is 0 Å². The number of rotatable bonds is 4. The molecule has 0 bridgehead atoms. The molecule has 0 aliphatic heterocycles. The fourth-order valence-corrected chi connectivity index (χ4v) is 1.41. The van der Waals surface area contributed by atoms with Crippen molar-refractivity contribution in [1.82, 2.24) is 10.2 Å². The smallest absolute Gasteiger partial charge is 0.251 e. The minimum atomic E-state index is -0.789. The van der Waals surface area contributed by atoms with Gasteiger partial charge in [-0.2, -0.15) is 0 Å². The number of amides is 1. The second kappa shape index (κ2) is 6.07. The predicted molar refractivity (Wildman–Crippen MR) is 64.9 cm³/mol. The van der Waals surface area contributed by atoms with Crippen LogP contribution in [0, 0.1) is 11.6 Å². The minimum Gasteiger partial charge on any atom is -0.351 e. The van der Waals surface area contributed by atoms with Gasteiger partial charge in [0, 0.05) is 18.7 Å². The van der Waals surface area contributed by atoms with Gasteiger partial charge >= 0.3 is 0 Å². The van der Waals surface area contributed by atoms with Crippen LogP contribution in [-0.2, 0) is 0 Å². The Balaban J connectivity index is 2.70. The lowest BCUT2D eigenvalue weighted by Crippen LogP contribution is -2.31. The van der Waals surface area contributed by atoms with Crippen LogP contribution in [0.2, 0.25) is 0 Å². The summed E-state index contributed by atoms with van der Waals surface area (Å²) in [5.41, 5.74) is -0.0260. The van der Waals surface area contributed by atoms with Crippen molar-refractivity contribution in [3.63, 3.8) is 0 Å². The normalized spacial score (nSPS) is 10.7. The van der Waals surface area contributed by atoms with Crippen LogP contribution < -0.4 is 5.32 Å². The van der Waals surface area contributed by atoms with E-state index in [-0.39, 0.29) is 10.0 Å². The Morgan fingerprint density at radius 1 is 1.35 bits per heavy atom. The standard InChI is InChI=1S/C11H13BrF2N2O/c1-16(2)4-3-15-11(17)7-5-8(13)10(12)9(14)6-7/h5-6H,3-4H2,1-2H3,(H,15,17). The fourth-order valence-electron chi connectivity index (χ4n) is 1.18. The van der Waals surface area contributed by atoms with Crippen molar-refractivity contribution in [3.05, 3.63) is 33.8 Å². The largest absolute Gasteiger partial charge is 0.351 e. The number of hydrogen-bond donors (Lipinski definition) is 1. The van der Waals surface area contributed by atoms with Crippen molar-refractivity contribution in [2.45, 2.75) is 0 Å². The van der Waals surface area contributed by atoms with Gasteiger partial charge in [-0.25, -0.2) is 8.78 Å². The van der Waals surface area contributed by atoms with Gasteiger partial charge in [-0.1, -0.05) is 0 Å². The summed E-state index contributed by atoms with van der Waals surface area (Å²) in [4.78, 5) is 13.5. The first-order valence-electron chi connectivity index (χ1n) is 4.99. The third-order valence-electron chi connectivity index (χ3n) is 2.09. The lowest BCUT2D eigenvalue weighted by atomic mass is 10.2. The zero-order valence-electron chi connectivity index (χ0n) is 9.56. The van der Waals surface area contributed by atoms with Crippen LogP contribution in [0.5, 0.6) is 0 Å². The van der Waals surface area contributed by atoms with E-state index in [1.807, 2.05) is 19.0 Å². The molecule has 0 saturated heterocycles. The van der Waals surface area contributed by atoms with E-state index < -0.39 is 17.5 Å². The molecule has 0 unspecified atom stereocenters. The molecule has 1 rings (SSSR count). The summed E-state index contributed by atoms with van der Waals surface area (Å²) in [6, 6.07) is 2.00. The summed E-state index contributed by atoms with van der Waals surface area (Å²) in [5.74, 6) is -2.07. The molecule has 0 spiro atoms. The van der Waals surface area contributed by atoms with Gasteiger partial charge in [-0.15, -0.1) is 0 Å². The first-order valence-corrected chi connectivity index (χ1v) is 5.78. The zero-order chi connectivity index (χ0) is 13.0. The highest BCUT2D eigenvalue weighted by Crippen LogP contribution is 2.20. The maximum Gasteiger partial charge on any atom is 0.251 e. The number of nitrogens with one attached hydrogen (secondary N) is 1. The maximum absolute atomic E-state index is 13.2. The zero-order valence-corrected chi connectivity index (χ0v) is 11.1. The van der Waals surface area contributed by atoms with Crippen molar-refractivity contribution in [3.8, 4) is 0 Å². The SMILES string of the molecule is CN(C)CCNC(=O)c1cc(F)c(Br)c(F)c1. The van der Waals surface area contributed by atoms with E-state index in [0.29, 0.717) is 13.1 Å². The third-order valence-corrected chi connectivity index (χ3v) is 2.85. The molecule has 0 radical (unpaired) electrons. The first kappa shape index (κ1) is 14.1. The van der Waals surface area contributed by atoms with Crippen LogP contribution in [0.3, 0.4) is 0 Å². The van der Waals surface area contributed by atoms with Crippen LogP contribution in [0.25, 0.3) is 0 Å². The number of carbonyl (C=O) groups is 1. The molecule has 1 N–H and O–H groups in total. The summed E-state index contributed by atoms with van der Waals surface area (Å²) in [7, 11) is 3.73. The Bertz CT molecular complexity index is 401. The number of nitrogens with zero attached hydrogens (tertiary/aromatic N) is 1. The number of hydrogen-bond acceptors (Lipinski definition) is 2. The van der Waals surface area contributed by atoms with E-state index in [4.69, 9.17) is 0 Å². The third kappa shape index (κ3) is 4.05. The minimum absolute atomic E-state index is 0.0260. The fraction of sp³-hybridized carbons (Fsp3) is 0.364. The summed E-state index contributed by atoms with van der Waals surface area (Å²) >= 11 is 2.75. The molecule has 1 amide bonds. The lowest BCUT2D eigenvalue weighted by molar-refractivity contribution is 0.0950. The van der Waals surface area contributed by atoms with E-state index in [1.165, 1.54) is 0 Å². The molecular weight excluding hydrogens is 294 g/mol. The van der Waals surface area contributed by atoms with Gasteiger partial charge in [-0.05, 0) is 42.2 Å². The van der Waals surface area contributed by atoms with E-state index in [1.54, 1.807) is 0 Å². The highest BCUT2D eigenvalue weighted by molar-refractivity contribution is 9.10. The molecule has 0 aliphatic rings. The van der Waals surface area contributed by atoms with Crippen LogP contribution in [0.15, 0.2) is 16.6 Å². The monoisotopic (exact) mass is 306 g/mol. The molecule has 0 aromatic heterocycles. The molecule has 0 saturated carbocycles. The number of halogens is 3. The highest BCUT2D eigenvalue weighted by Gasteiger charge is 2.13. The maximum atomic E-state index is 13.2. The van der Waals surface area contributed by atoms with Gasteiger partial charge in [0.1, 0.15) is 11.6 Å². The number of carbonyl (C=O) groups excluding carboxylic acids is 1. The highest BCUT2D eigenvalue weighted by atomic mass is 79.9. The number of benzene rings is 1. The topological polar surface area (TPSA) is 32.3 Å². The lowest BCUT2D eigenvalue weighted by Gasteiger charge is -2.10. The van der Waals surface area contributed by atoms with Crippen molar-refractivity contribution >= 4 is 21.8 Å². The summed E-state index contributed by atoms with van der Waals surface area (Å²) < 4.78 is 26.1. The molecule has 94 valence electrons. The van der Waals surface area contributed by atoms with Gasteiger partial charge in [0.15, 0.2) is 0 Å². The predicted octanol–water partition coefficient (Wildman–Crippen LogP) is 2.02. The average Bonchev–Trinajstić information content (AvgIpc) is 2.24. The molecule has 1 aromatic rings. The molecule has 3 nitrogen and oxygen atoms in total. The summed E-state index contributed by atoms with van der Waals surface area (Å²) in [6.45, 7) is 1.08. The van der Waals surface area contributed by atoms with Crippen molar-refractivity contribution in [2.75, 3.05) is 27.2 Å². The van der Waals surface area contributed by atoms with Crippen LogP contribution in [-0.4, -0.2) is 38.0 Å². The summed E-state index contributed by atoms with van der Waals surface area (Å²) in [5, 5.41) is 2.57. The molecule has 1 aromatic carbocycles. The molecule has 0 aliphatic carbocycles. The van der Waals surface area contributed by atoms with Gasteiger partial charge in [0.2, 0.25) is 0 Å². The molecule has 0 fully saturated rings. The van der Waals surface area contributed by atoms with Crippen molar-refractivity contribution < 1.29 is 13.6 Å². The van der Waals surface area contributed by atoms with Crippen molar-refractivity contribution in [2.24, 2.45) is 0 Å². The molecule has 0 heterocycles. The molecule has 17 heavy (non-hydrogen) atoms. The Morgan fingerprint density at radius 3 is 2.35 bits per heavy atom. The van der Waals surface area contributed by atoms with Crippen LogP contribution in [0.4, 0.5) is 8.78 Å². The molecule has 0 atom stereocenters. The Kier molecular flexibility index (Phi) is 5.02. The van der Waals surface area contributed by atoms with Gasteiger partial charge in [0.05, 0.1) is 4.47 Å². The first-order chi connectivity index (χ1) is 7.91. The van der Waals surface area contributed by atoms with Gasteiger partial charge < -0.3 is 10.2 Å². The Labute approximate surface area is 107 Å². The second-order valence-electron chi connectivity index (χ2n) is 3.81. The van der Waals surface area contributed by atoms with Crippen LogP contribution in [0.1, 0.15) is 10.4 Å². The second-order valence-corrected chi connectivity index (χ2v) is 4.61. The molecule has 6 heteroatoms. The van der Waals surface area contributed by atoms with E-state index in [2.05, 4.69) is 21.2 Å². The van der Waals surface area contributed by atoms with Crippen molar-refractivity contribution in [1.29, 1.82) is 0 Å². The average molecular weight is 307 g/mol. The van der Waals surface area contributed by atoms with Crippen LogP contribution >= 0.6 is 15.9 Å². The van der Waals surface area contributed by atoms with E-state index in [0.717, 1.165) is 12.1 Å². The quantitative estimate of drug-likeness (QED) is 0.863. The molecular formula is C11H13BrF2N2O. The Hall–Kier alpha value is -1.01. The van der Waals surface area contributed by atoms with E-state index in [9.17, 15) is 13.6 Å². The number of likely N-dealkylation sites (N-methyl/N-ethyl adjacent to an activating group) is 1. The summed E-state index contributed by atoms with van der Waals surface area (Å²) in [6.07, 6.45) is 0. The Morgan fingerprint density at radius 2 is 1.88 bits per heavy atom. The van der Waals surface area contributed by atoms with Gasteiger partial charge in [0.25, 0.3) is 5.91 Å². The van der Waals surface area contributed by atoms with Gasteiger partial charge in [-0.3, -0.25) is 4.79 Å².